The van der Waals surface area contributed by atoms with Gasteiger partial charge >= 0.3 is 11.9 Å². The second-order valence-electron chi connectivity index (χ2n) is 3.86. The van der Waals surface area contributed by atoms with Crippen LogP contribution in [0.2, 0.25) is 0 Å². The highest BCUT2D eigenvalue weighted by atomic mass is 16.5. The summed E-state index contributed by atoms with van der Waals surface area (Å²) in [5.41, 5.74) is 0.598. The smallest absolute Gasteiger partial charge is 0.354 e. The third-order valence-electron chi connectivity index (χ3n) is 3.06. The van der Waals surface area contributed by atoms with Crippen LogP contribution in [0.5, 0.6) is 0 Å². The van der Waals surface area contributed by atoms with Crippen LogP contribution in [-0.4, -0.2) is 37.6 Å². The zero-order valence-corrected chi connectivity index (χ0v) is 9.26. The zero-order valence-electron chi connectivity index (χ0n) is 9.26. The Labute approximate surface area is 92.3 Å². The number of rotatable bonds is 2. The molecule has 1 fully saturated rings. The molecule has 0 spiro atoms. The fraction of sp³-hybridized carbons (Fsp3) is 0.600. The van der Waals surface area contributed by atoms with Crippen molar-refractivity contribution in [1.29, 1.82) is 0 Å². The lowest BCUT2D eigenvalue weighted by atomic mass is 10.1. The number of methoxy groups -OCH3 is 2. The van der Waals surface area contributed by atoms with E-state index in [0.29, 0.717) is 11.4 Å². The van der Waals surface area contributed by atoms with Crippen molar-refractivity contribution in [3.05, 3.63) is 0 Å². The van der Waals surface area contributed by atoms with E-state index in [1.807, 2.05) is 6.92 Å². The molecule has 0 saturated heterocycles. The molecule has 2 aliphatic rings. The SMILES string of the molecule is COC(=O)C1=NN=C(C(=O)OC)[C@H]2C(C)[C@@H]12. The average molecular weight is 224 g/mol. The van der Waals surface area contributed by atoms with Gasteiger partial charge in [-0.3, -0.25) is 0 Å². The summed E-state index contributed by atoms with van der Waals surface area (Å²) in [6.45, 7) is 1.94. The molecule has 0 aromatic carbocycles. The Bertz CT molecular complexity index is 375. The lowest BCUT2D eigenvalue weighted by Crippen LogP contribution is -2.27. The molecule has 6 heteroatoms. The lowest BCUT2D eigenvalue weighted by Gasteiger charge is -2.07. The molecule has 1 aliphatic heterocycles. The zero-order chi connectivity index (χ0) is 11.9. The van der Waals surface area contributed by atoms with Crippen molar-refractivity contribution in [2.24, 2.45) is 28.0 Å². The molecular formula is C10H12N2O4. The maximum atomic E-state index is 11.4. The van der Waals surface area contributed by atoms with E-state index in [4.69, 9.17) is 0 Å². The van der Waals surface area contributed by atoms with Gasteiger partial charge in [0.05, 0.1) is 14.2 Å². The fourth-order valence-corrected chi connectivity index (χ4v) is 2.10. The Morgan fingerprint density at radius 3 is 1.69 bits per heavy atom. The van der Waals surface area contributed by atoms with Crippen LogP contribution >= 0.6 is 0 Å². The number of carbonyl (C=O) groups excluding carboxylic acids is 2. The first-order valence-corrected chi connectivity index (χ1v) is 4.93. The van der Waals surface area contributed by atoms with Crippen LogP contribution in [0.4, 0.5) is 0 Å². The first-order valence-electron chi connectivity index (χ1n) is 4.93. The molecule has 1 heterocycles. The number of hydrogen-bond acceptors (Lipinski definition) is 6. The minimum absolute atomic E-state index is 0.0564. The van der Waals surface area contributed by atoms with Crippen LogP contribution in [0.3, 0.4) is 0 Å². The summed E-state index contributed by atoms with van der Waals surface area (Å²) >= 11 is 0. The quantitative estimate of drug-likeness (QED) is 0.620. The molecule has 86 valence electrons. The van der Waals surface area contributed by atoms with E-state index in [2.05, 4.69) is 19.7 Å². The number of ether oxygens (including phenoxy) is 2. The van der Waals surface area contributed by atoms with Crippen LogP contribution in [0, 0.1) is 17.8 Å². The molecule has 1 aliphatic carbocycles. The van der Waals surface area contributed by atoms with Gasteiger partial charge in [-0.25, -0.2) is 9.59 Å². The van der Waals surface area contributed by atoms with Gasteiger partial charge in [-0.1, -0.05) is 6.92 Å². The van der Waals surface area contributed by atoms with E-state index in [9.17, 15) is 9.59 Å². The summed E-state index contributed by atoms with van der Waals surface area (Å²) in [6, 6.07) is 0. The maximum absolute atomic E-state index is 11.4. The molecule has 0 aromatic rings. The highest BCUT2D eigenvalue weighted by molar-refractivity contribution is 6.45. The van der Waals surface area contributed by atoms with E-state index in [1.54, 1.807) is 0 Å². The third kappa shape index (κ3) is 1.41. The molecule has 0 bridgehead atoms. The van der Waals surface area contributed by atoms with Gasteiger partial charge in [0.1, 0.15) is 0 Å². The fourth-order valence-electron chi connectivity index (χ4n) is 2.10. The minimum atomic E-state index is -0.480. The Kier molecular flexibility index (Phi) is 2.49. The Balaban J connectivity index is 2.28. The largest absolute Gasteiger partial charge is 0.464 e. The topological polar surface area (TPSA) is 77.3 Å². The summed E-state index contributed by atoms with van der Waals surface area (Å²) in [4.78, 5) is 22.7. The molecule has 2 rings (SSSR count). The van der Waals surface area contributed by atoms with Crippen molar-refractivity contribution >= 4 is 23.4 Å². The van der Waals surface area contributed by atoms with Gasteiger partial charge in [-0.2, -0.15) is 0 Å². The minimum Gasteiger partial charge on any atom is -0.464 e. The first kappa shape index (κ1) is 10.8. The standard InChI is InChI=1S/C10H12N2O4/c1-4-5-6(4)8(10(14)16-3)12-11-7(5)9(13)15-2/h4-6H,1-3H3/t4?,5-,6+. The molecule has 1 saturated carbocycles. The summed E-state index contributed by atoms with van der Waals surface area (Å²) in [5, 5.41) is 7.51. The van der Waals surface area contributed by atoms with Crippen molar-refractivity contribution < 1.29 is 19.1 Å². The maximum Gasteiger partial charge on any atom is 0.354 e. The summed E-state index contributed by atoms with van der Waals surface area (Å²) in [7, 11) is 2.60. The molecule has 16 heavy (non-hydrogen) atoms. The van der Waals surface area contributed by atoms with Crippen LogP contribution in [0.15, 0.2) is 10.2 Å². The van der Waals surface area contributed by atoms with Crippen LogP contribution < -0.4 is 0 Å². The van der Waals surface area contributed by atoms with E-state index >= 15 is 0 Å². The number of hydrogen-bond donors (Lipinski definition) is 0. The highest BCUT2D eigenvalue weighted by Gasteiger charge is 2.58. The average Bonchev–Trinajstić information content (AvgIpc) is 2.98. The predicted molar refractivity (Wildman–Crippen MR) is 55.0 cm³/mol. The Morgan fingerprint density at radius 1 is 1.00 bits per heavy atom. The van der Waals surface area contributed by atoms with Crippen molar-refractivity contribution in [2.75, 3.05) is 14.2 Å². The molecular weight excluding hydrogens is 212 g/mol. The van der Waals surface area contributed by atoms with Gasteiger partial charge in [0.15, 0.2) is 11.4 Å². The van der Waals surface area contributed by atoms with E-state index in [0.717, 1.165) is 0 Å². The molecule has 0 N–H and O–H groups in total. The van der Waals surface area contributed by atoms with Gasteiger partial charge in [0.25, 0.3) is 0 Å². The Hall–Kier alpha value is -1.72. The van der Waals surface area contributed by atoms with Gasteiger partial charge in [0.2, 0.25) is 0 Å². The molecule has 6 nitrogen and oxygen atoms in total. The number of fused-ring (bicyclic) bond motifs is 1. The second kappa shape index (κ2) is 3.70. The Morgan fingerprint density at radius 2 is 1.38 bits per heavy atom. The van der Waals surface area contributed by atoms with Crippen molar-refractivity contribution in [3.63, 3.8) is 0 Å². The molecule has 0 amide bonds. The summed E-state index contributed by atoms with van der Waals surface area (Å²) in [5.74, 6) is -0.893. The van der Waals surface area contributed by atoms with Crippen molar-refractivity contribution in [2.45, 2.75) is 6.92 Å². The van der Waals surface area contributed by atoms with Crippen LogP contribution in [0.25, 0.3) is 0 Å². The monoisotopic (exact) mass is 224 g/mol. The number of esters is 2. The van der Waals surface area contributed by atoms with E-state index < -0.39 is 11.9 Å². The van der Waals surface area contributed by atoms with Gasteiger partial charge in [-0.15, -0.1) is 10.2 Å². The van der Waals surface area contributed by atoms with Crippen molar-refractivity contribution in [1.82, 2.24) is 0 Å². The van der Waals surface area contributed by atoms with Gasteiger partial charge < -0.3 is 9.47 Å². The second-order valence-corrected chi connectivity index (χ2v) is 3.86. The highest BCUT2D eigenvalue weighted by Crippen LogP contribution is 2.50. The van der Waals surface area contributed by atoms with Crippen LogP contribution in [-0.2, 0) is 19.1 Å². The van der Waals surface area contributed by atoms with Crippen molar-refractivity contribution in [3.8, 4) is 0 Å². The van der Waals surface area contributed by atoms with E-state index in [-0.39, 0.29) is 17.8 Å². The summed E-state index contributed by atoms with van der Waals surface area (Å²) < 4.78 is 9.20. The van der Waals surface area contributed by atoms with Gasteiger partial charge in [0, 0.05) is 11.8 Å². The van der Waals surface area contributed by atoms with Gasteiger partial charge in [-0.05, 0) is 5.92 Å². The summed E-state index contributed by atoms with van der Waals surface area (Å²) in [6.07, 6.45) is 0. The first-order chi connectivity index (χ1) is 7.61. The normalized spacial score (nSPS) is 30.8. The predicted octanol–water partition coefficient (Wildman–Crippen LogP) is 0.0251. The molecule has 0 aromatic heterocycles. The third-order valence-corrected chi connectivity index (χ3v) is 3.06. The number of carbonyl (C=O) groups is 2. The number of nitrogens with zero attached hydrogens (tertiary/aromatic N) is 2. The van der Waals surface area contributed by atoms with Crippen LogP contribution in [0.1, 0.15) is 6.92 Å². The molecule has 3 atom stereocenters. The molecule has 1 unspecified atom stereocenters. The molecule has 0 radical (unpaired) electrons. The lowest BCUT2D eigenvalue weighted by molar-refractivity contribution is -0.134. The van der Waals surface area contributed by atoms with E-state index in [1.165, 1.54) is 14.2 Å².